The highest BCUT2D eigenvalue weighted by Crippen LogP contribution is 2.52. The van der Waals surface area contributed by atoms with Gasteiger partial charge in [-0.2, -0.15) is 5.10 Å². The SMILES string of the molecule is CC(=O)N1Cc2nc(-c3n[nH]c4cc(-c5cc(F)c(O)cc5C(C)C5C6CN65)ccc34)[nH]c2C1. The van der Waals surface area contributed by atoms with Gasteiger partial charge in [-0.1, -0.05) is 13.0 Å². The number of aromatic nitrogens is 4. The summed E-state index contributed by atoms with van der Waals surface area (Å²) in [5.74, 6) is -0.0372. The molecule has 0 bridgehead atoms. The summed E-state index contributed by atoms with van der Waals surface area (Å²) in [5.41, 5.74) is 5.94. The first-order chi connectivity index (χ1) is 16.4. The number of H-pyrrole nitrogens is 2. The van der Waals surface area contributed by atoms with Gasteiger partial charge in [-0.05, 0) is 46.9 Å². The van der Waals surface area contributed by atoms with E-state index >= 15 is 0 Å². The zero-order valence-corrected chi connectivity index (χ0v) is 18.8. The second kappa shape index (κ2) is 6.66. The van der Waals surface area contributed by atoms with Crippen molar-refractivity contribution >= 4 is 16.8 Å². The van der Waals surface area contributed by atoms with Crippen LogP contribution in [-0.2, 0) is 17.9 Å². The Labute approximate surface area is 194 Å². The van der Waals surface area contributed by atoms with E-state index in [4.69, 9.17) is 0 Å². The molecule has 34 heavy (non-hydrogen) atoms. The summed E-state index contributed by atoms with van der Waals surface area (Å²) in [5, 5.41) is 18.5. The van der Waals surface area contributed by atoms with Gasteiger partial charge in [0, 0.05) is 30.9 Å². The van der Waals surface area contributed by atoms with Crippen molar-refractivity contribution in [2.24, 2.45) is 0 Å². The molecule has 0 aliphatic carbocycles. The molecule has 5 heterocycles. The minimum Gasteiger partial charge on any atom is -0.505 e. The number of phenolic OH excluding ortho intramolecular Hbond substituents is 1. The van der Waals surface area contributed by atoms with Gasteiger partial charge >= 0.3 is 0 Å². The Hall–Kier alpha value is -3.72. The maximum atomic E-state index is 14.4. The highest BCUT2D eigenvalue weighted by molar-refractivity contribution is 5.94. The van der Waals surface area contributed by atoms with Crippen molar-refractivity contribution in [3.63, 3.8) is 0 Å². The zero-order valence-electron chi connectivity index (χ0n) is 18.8. The molecule has 0 radical (unpaired) electrons. The fourth-order valence-electron chi connectivity index (χ4n) is 5.46. The Morgan fingerprint density at radius 2 is 2.09 bits per heavy atom. The first-order valence-corrected chi connectivity index (χ1v) is 11.5. The maximum absolute atomic E-state index is 14.4. The molecule has 4 unspecified atom stereocenters. The predicted molar refractivity (Wildman–Crippen MR) is 123 cm³/mol. The number of rotatable bonds is 4. The van der Waals surface area contributed by atoms with Gasteiger partial charge in [0.15, 0.2) is 17.4 Å². The number of nitrogens with one attached hydrogen (secondary N) is 2. The lowest BCUT2D eigenvalue weighted by Crippen LogP contribution is -2.22. The highest BCUT2D eigenvalue weighted by Gasteiger charge is 2.64. The van der Waals surface area contributed by atoms with Crippen LogP contribution in [0, 0.1) is 5.82 Å². The van der Waals surface area contributed by atoms with Crippen LogP contribution in [0.3, 0.4) is 0 Å². The fourth-order valence-corrected chi connectivity index (χ4v) is 5.46. The van der Waals surface area contributed by atoms with Crippen LogP contribution in [0.25, 0.3) is 33.5 Å². The number of imidazole rings is 1. The predicted octanol–water partition coefficient (Wildman–Crippen LogP) is 3.50. The van der Waals surface area contributed by atoms with Crippen molar-refractivity contribution in [1.82, 2.24) is 30.0 Å². The first-order valence-electron chi connectivity index (χ1n) is 11.5. The van der Waals surface area contributed by atoms with Gasteiger partial charge in [-0.25, -0.2) is 9.37 Å². The number of amides is 1. The standard InChI is InChI=1S/C25H23FN6O2/c1-11(24-21-10-32(21)24)15-7-22(34)17(26)6-16(15)13-3-4-14-18(5-13)29-30-23(14)25-27-19-8-31(12(2)33)9-20(19)28-25/h3-7,11,21,24,34H,8-10H2,1-2H3,(H,27,28)(H,29,30). The highest BCUT2D eigenvalue weighted by atomic mass is 19.1. The van der Waals surface area contributed by atoms with Crippen molar-refractivity contribution in [3.8, 4) is 28.4 Å². The molecule has 3 aliphatic rings. The second-order valence-electron chi connectivity index (χ2n) is 9.65. The van der Waals surface area contributed by atoms with Crippen LogP contribution < -0.4 is 0 Å². The van der Waals surface area contributed by atoms with Crippen molar-refractivity contribution in [3.05, 3.63) is 53.1 Å². The minimum atomic E-state index is -0.623. The van der Waals surface area contributed by atoms with Gasteiger partial charge in [0.1, 0.15) is 5.69 Å². The van der Waals surface area contributed by atoms with Crippen LogP contribution in [0.1, 0.15) is 36.7 Å². The van der Waals surface area contributed by atoms with Crippen LogP contribution in [-0.4, -0.2) is 59.6 Å². The number of nitrogens with zero attached hydrogens (tertiary/aromatic N) is 4. The molecule has 172 valence electrons. The van der Waals surface area contributed by atoms with Crippen LogP contribution in [0.2, 0.25) is 0 Å². The van der Waals surface area contributed by atoms with E-state index in [2.05, 4.69) is 32.0 Å². The number of halogens is 1. The lowest BCUT2D eigenvalue weighted by molar-refractivity contribution is -0.129. The summed E-state index contributed by atoms with van der Waals surface area (Å²) in [6.45, 7) is 5.87. The Morgan fingerprint density at radius 1 is 1.26 bits per heavy atom. The summed E-state index contributed by atoms with van der Waals surface area (Å²) >= 11 is 0. The van der Waals surface area contributed by atoms with Crippen molar-refractivity contribution < 1.29 is 14.3 Å². The summed E-state index contributed by atoms with van der Waals surface area (Å²) in [6, 6.07) is 10.0. The summed E-state index contributed by atoms with van der Waals surface area (Å²) in [4.78, 5) is 23.8. The van der Waals surface area contributed by atoms with Crippen LogP contribution in [0.4, 0.5) is 4.39 Å². The van der Waals surface area contributed by atoms with Gasteiger partial charge in [-0.15, -0.1) is 0 Å². The number of carbonyl (C=O) groups excluding carboxylic acids is 1. The van der Waals surface area contributed by atoms with E-state index in [1.165, 1.54) is 6.07 Å². The molecule has 7 rings (SSSR count). The number of carbonyl (C=O) groups is 1. The summed E-state index contributed by atoms with van der Waals surface area (Å²) < 4.78 is 14.4. The van der Waals surface area contributed by atoms with Gasteiger partial charge in [0.25, 0.3) is 0 Å². The molecule has 3 aliphatic heterocycles. The molecule has 4 aromatic rings. The minimum absolute atomic E-state index is 0.0287. The van der Waals surface area contributed by atoms with Crippen molar-refractivity contribution in [2.45, 2.75) is 44.9 Å². The van der Waals surface area contributed by atoms with Gasteiger partial charge in [-0.3, -0.25) is 14.8 Å². The lowest BCUT2D eigenvalue weighted by atomic mass is 9.87. The quantitative estimate of drug-likeness (QED) is 0.407. The molecule has 2 saturated heterocycles. The van der Waals surface area contributed by atoms with E-state index in [0.717, 1.165) is 45.5 Å². The summed E-state index contributed by atoms with van der Waals surface area (Å²) in [7, 11) is 0. The van der Waals surface area contributed by atoms with Crippen molar-refractivity contribution in [1.29, 1.82) is 0 Å². The molecule has 3 N–H and O–H groups in total. The molecule has 0 saturated carbocycles. The smallest absolute Gasteiger partial charge is 0.220 e. The Balaban J connectivity index is 1.25. The maximum Gasteiger partial charge on any atom is 0.220 e. The number of phenols is 1. The number of aromatic hydroxyl groups is 1. The topological polar surface area (TPSA) is 101 Å². The molecule has 0 spiro atoms. The molecule has 9 heteroatoms. The van der Waals surface area contributed by atoms with Crippen LogP contribution in [0.5, 0.6) is 5.75 Å². The van der Waals surface area contributed by atoms with Crippen molar-refractivity contribution in [2.75, 3.05) is 6.54 Å². The van der Waals surface area contributed by atoms with Gasteiger partial charge in [0.2, 0.25) is 5.91 Å². The molecule has 8 nitrogen and oxygen atoms in total. The third-order valence-electron chi connectivity index (χ3n) is 7.60. The molecular weight excluding hydrogens is 435 g/mol. The Morgan fingerprint density at radius 3 is 2.79 bits per heavy atom. The molecular formula is C25H23FN6O2. The second-order valence-corrected chi connectivity index (χ2v) is 9.65. The Bertz CT molecular complexity index is 1480. The van der Waals surface area contributed by atoms with Gasteiger partial charge < -0.3 is 15.0 Å². The van der Waals surface area contributed by atoms with E-state index in [0.29, 0.717) is 36.7 Å². The molecule has 1 amide bonds. The average Bonchev–Trinajstić information content (AvgIpc) is 3.53. The third-order valence-corrected chi connectivity index (χ3v) is 7.60. The monoisotopic (exact) mass is 458 g/mol. The Kier molecular flexibility index (Phi) is 3.87. The van der Waals surface area contributed by atoms with E-state index in [1.54, 1.807) is 17.9 Å². The van der Waals surface area contributed by atoms with Crippen LogP contribution >= 0.6 is 0 Å². The van der Waals surface area contributed by atoms with E-state index < -0.39 is 5.82 Å². The van der Waals surface area contributed by atoms with Gasteiger partial charge in [0.05, 0.1) is 30.0 Å². The number of fused-ring (bicyclic) bond motifs is 3. The normalized spacial score (nSPS) is 23.1. The third kappa shape index (κ3) is 2.83. The fraction of sp³-hybridized carbons (Fsp3) is 0.320. The lowest BCUT2D eigenvalue weighted by Gasteiger charge is -2.19. The van der Waals surface area contributed by atoms with Crippen LogP contribution in [0.15, 0.2) is 30.3 Å². The molecule has 2 aromatic heterocycles. The number of benzene rings is 2. The van der Waals surface area contributed by atoms with E-state index in [9.17, 15) is 14.3 Å². The number of aromatic amines is 2. The summed E-state index contributed by atoms with van der Waals surface area (Å²) in [6.07, 6.45) is 0. The largest absolute Gasteiger partial charge is 0.505 e. The van der Waals surface area contributed by atoms with E-state index in [-0.39, 0.29) is 17.6 Å². The number of hydrogen-bond acceptors (Lipinski definition) is 5. The number of hydrogen-bond donors (Lipinski definition) is 3. The molecule has 2 fully saturated rings. The first kappa shape index (κ1) is 19.7. The van der Waals surface area contributed by atoms with E-state index in [1.807, 2.05) is 18.2 Å². The zero-order chi connectivity index (χ0) is 23.3. The average molecular weight is 458 g/mol. The molecule has 4 atom stereocenters. The molecule has 2 aromatic carbocycles.